The Bertz CT molecular complexity index is 537. The van der Waals surface area contributed by atoms with Gasteiger partial charge < -0.3 is 10.1 Å². The van der Waals surface area contributed by atoms with Gasteiger partial charge >= 0.3 is 0 Å². The van der Waals surface area contributed by atoms with Gasteiger partial charge in [0, 0.05) is 19.3 Å². The Hall–Kier alpha value is -2.04. The summed E-state index contributed by atoms with van der Waals surface area (Å²) < 4.78 is 20.1. The van der Waals surface area contributed by atoms with E-state index in [0.717, 1.165) is 11.4 Å². The van der Waals surface area contributed by atoms with Gasteiger partial charge in [0.1, 0.15) is 11.6 Å². The highest BCUT2D eigenvalue weighted by atomic mass is 19.1. The molecule has 0 unspecified atom stereocenters. The SMILES string of the molecule is CNc1nc(C)cn1-c1ccc(F)cc1OC. The second kappa shape index (κ2) is 4.45. The summed E-state index contributed by atoms with van der Waals surface area (Å²) in [7, 11) is 3.30. The average molecular weight is 235 g/mol. The number of anilines is 1. The highest BCUT2D eigenvalue weighted by Gasteiger charge is 2.11. The molecule has 0 saturated carbocycles. The second-order valence-corrected chi connectivity index (χ2v) is 3.64. The van der Waals surface area contributed by atoms with Crippen molar-refractivity contribution in [3.05, 3.63) is 35.9 Å². The van der Waals surface area contributed by atoms with Gasteiger partial charge in [-0.15, -0.1) is 0 Å². The third-order valence-corrected chi connectivity index (χ3v) is 2.45. The van der Waals surface area contributed by atoms with Crippen LogP contribution >= 0.6 is 0 Å². The van der Waals surface area contributed by atoms with E-state index in [1.54, 1.807) is 13.1 Å². The van der Waals surface area contributed by atoms with Crippen LogP contribution in [0.4, 0.5) is 10.3 Å². The van der Waals surface area contributed by atoms with Crippen molar-refractivity contribution >= 4 is 5.95 Å². The molecule has 2 rings (SSSR count). The molecule has 17 heavy (non-hydrogen) atoms. The van der Waals surface area contributed by atoms with E-state index in [1.165, 1.54) is 19.2 Å². The Labute approximate surface area is 99.1 Å². The summed E-state index contributed by atoms with van der Waals surface area (Å²) in [6.45, 7) is 1.90. The maximum absolute atomic E-state index is 13.1. The smallest absolute Gasteiger partial charge is 0.207 e. The summed E-state index contributed by atoms with van der Waals surface area (Å²) in [5.41, 5.74) is 1.62. The predicted octanol–water partition coefficient (Wildman–Crippen LogP) is 2.37. The van der Waals surface area contributed by atoms with Gasteiger partial charge in [-0.05, 0) is 19.1 Å². The number of aromatic nitrogens is 2. The zero-order valence-corrected chi connectivity index (χ0v) is 9.99. The largest absolute Gasteiger partial charge is 0.494 e. The van der Waals surface area contributed by atoms with Gasteiger partial charge in [-0.1, -0.05) is 0 Å². The molecule has 90 valence electrons. The maximum Gasteiger partial charge on any atom is 0.207 e. The number of ether oxygens (including phenoxy) is 1. The molecule has 0 aliphatic rings. The topological polar surface area (TPSA) is 39.1 Å². The lowest BCUT2D eigenvalue weighted by molar-refractivity contribution is 0.409. The van der Waals surface area contributed by atoms with Crippen LogP contribution in [0.25, 0.3) is 5.69 Å². The quantitative estimate of drug-likeness (QED) is 0.887. The van der Waals surface area contributed by atoms with Gasteiger partial charge in [-0.25, -0.2) is 9.37 Å². The fraction of sp³-hybridized carbons (Fsp3) is 0.250. The molecule has 0 aliphatic heterocycles. The molecule has 0 bridgehead atoms. The van der Waals surface area contributed by atoms with Crippen LogP contribution in [0.15, 0.2) is 24.4 Å². The molecule has 0 fully saturated rings. The van der Waals surface area contributed by atoms with Gasteiger partial charge in [0.05, 0.1) is 18.5 Å². The number of nitrogens with zero attached hydrogens (tertiary/aromatic N) is 2. The molecule has 1 N–H and O–H groups in total. The molecule has 1 aromatic carbocycles. The molecular formula is C12H14FN3O. The molecule has 5 heteroatoms. The van der Waals surface area contributed by atoms with Crippen molar-refractivity contribution in [2.24, 2.45) is 0 Å². The fourth-order valence-electron chi connectivity index (χ4n) is 1.71. The lowest BCUT2D eigenvalue weighted by atomic mass is 10.3. The Morgan fingerprint density at radius 1 is 1.41 bits per heavy atom. The first-order valence-electron chi connectivity index (χ1n) is 5.23. The Kier molecular flexibility index (Phi) is 2.99. The standard InChI is InChI=1S/C12H14FN3O/c1-8-7-16(12(14-2)15-8)10-5-4-9(13)6-11(10)17-3/h4-7H,1-3H3,(H,14,15). The number of aryl methyl sites for hydroxylation is 1. The van der Waals surface area contributed by atoms with Gasteiger partial charge in [-0.2, -0.15) is 0 Å². The molecule has 0 saturated heterocycles. The normalized spacial score (nSPS) is 10.4. The van der Waals surface area contributed by atoms with E-state index in [-0.39, 0.29) is 5.82 Å². The zero-order valence-electron chi connectivity index (χ0n) is 9.99. The van der Waals surface area contributed by atoms with Crippen LogP contribution in [0.1, 0.15) is 5.69 Å². The average Bonchev–Trinajstić information content (AvgIpc) is 2.70. The number of nitrogens with one attached hydrogen (secondary N) is 1. The summed E-state index contributed by atoms with van der Waals surface area (Å²) in [4.78, 5) is 4.31. The summed E-state index contributed by atoms with van der Waals surface area (Å²) in [5, 5.41) is 2.98. The van der Waals surface area contributed by atoms with E-state index in [2.05, 4.69) is 10.3 Å². The van der Waals surface area contributed by atoms with Crippen LogP contribution in [-0.4, -0.2) is 23.7 Å². The van der Waals surface area contributed by atoms with Crippen molar-refractivity contribution in [3.63, 3.8) is 0 Å². The molecule has 1 aromatic heterocycles. The van der Waals surface area contributed by atoms with E-state index in [4.69, 9.17) is 4.74 Å². The minimum absolute atomic E-state index is 0.326. The molecule has 4 nitrogen and oxygen atoms in total. The highest BCUT2D eigenvalue weighted by Crippen LogP contribution is 2.26. The van der Waals surface area contributed by atoms with Crippen molar-refractivity contribution in [1.29, 1.82) is 0 Å². The predicted molar refractivity (Wildman–Crippen MR) is 64.4 cm³/mol. The number of methoxy groups -OCH3 is 1. The lowest BCUT2D eigenvalue weighted by Gasteiger charge is -2.11. The van der Waals surface area contributed by atoms with Crippen molar-refractivity contribution < 1.29 is 9.13 Å². The van der Waals surface area contributed by atoms with Crippen molar-refractivity contribution in [3.8, 4) is 11.4 Å². The van der Waals surface area contributed by atoms with E-state index in [0.29, 0.717) is 11.7 Å². The third-order valence-electron chi connectivity index (χ3n) is 2.45. The first-order chi connectivity index (χ1) is 8.15. The lowest BCUT2D eigenvalue weighted by Crippen LogP contribution is -2.02. The van der Waals surface area contributed by atoms with Crippen LogP contribution < -0.4 is 10.1 Å². The maximum atomic E-state index is 13.1. The monoisotopic (exact) mass is 235 g/mol. The number of hydrogen-bond donors (Lipinski definition) is 1. The molecule has 2 aromatic rings. The summed E-state index contributed by atoms with van der Waals surface area (Å²) in [6, 6.07) is 4.41. The van der Waals surface area contributed by atoms with Gasteiger partial charge in [0.15, 0.2) is 0 Å². The third kappa shape index (κ3) is 2.08. The van der Waals surface area contributed by atoms with Gasteiger partial charge in [0.2, 0.25) is 5.95 Å². The van der Waals surface area contributed by atoms with Crippen LogP contribution in [0.3, 0.4) is 0 Å². The minimum atomic E-state index is -0.326. The Morgan fingerprint density at radius 3 is 2.82 bits per heavy atom. The van der Waals surface area contributed by atoms with Crippen LogP contribution in [0.5, 0.6) is 5.75 Å². The molecular weight excluding hydrogens is 221 g/mol. The Balaban J connectivity index is 2.59. The zero-order chi connectivity index (χ0) is 12.4. The summed E-state index contributed by atoms with van der Waals surface area (Å²) in [5.74, 6) is 0.833. The van der Waals surface area contributed by atoms with Crippen molar-refractivity contribution in [2.75, 3.05) is 19.5 Å². The molecule has 0 spiro atoms. The molecule has 0 aliphatic carbocycles. The van der Waals surface area contributed by atoms with Gasteiger partial charge in [-0.3, -0.25) is 4.57 Å². The van der Waals surface area contributed by atoms with E-state index >= 15 is 0 Å². The Morgan fingerprint density at radius 2 is 2.18 bits per heavy atom. The van der Waals surface area contributed by atoms with Crippen LogP contribution in [-0.2, 0) is 0 Å². The number of hydrogen-bond acceptors (Lipinski definition) is 3. The van der Waals surface area contributed by atoms with Crippen LogP contribution in [0, 0.1) is 12.7 Å². The molecule has 0 radical (unpaired) electrons. The van der Waals surface area contributed by atoms with E-state index in [9.17, 15) is 4.39 Å². The second-order valence-electron chi connectivity index (χ2n) is 3.64. The summed E-state index contributed by atoms with van der Waals surface area (Å²) in [6.07, 6.45) is 1.86. The minimum Gasteiger partial charge on any atom is -0.494 e. The van der Waals surface area contributed by atoms with E-state index < -0.39 is 0 Å². The van der Waals surface area contributed by atoms with Crippen molar-refractivity contribution in [2.45, 2.75) is 6.92 Å². The first-order valence-corrected chi connectivity index (χ1v) is 5.23. The molecule has 0 amide bonds. The fourth-order valence-corrected chi connectivity index (χ4v) is 1.71. The number of imidazole rings is 1. The highest BCUT2D eigenvalue weighted by molar-refractivity contribution is 5.52. The molecule has 0 atom stereocenters. The molecule has 1 heterocycles. The van der Waals surface area contributed by atoms with Crippen molar-refractivity contribution in [1.82, 2.24) is 9.55 Å². The van der Waals surface area contributed by atoms with Gasteiger partial charge in [0.25, 0.3) is 0 Å². The number of benzene rings is 1. The number of rotatable bonds is 3. The van der Waals surface area contributed by atoms with E-state index in [1.807, 2.05) is 17.7 Å². The summed E-state index contributed by atoms with van der Waals surface area (Å²) >= 11 is 0. The first kappa shape index (κ1) is 11.4. The van der Waals surface area contributed by atoms with Crippen LogP contribution in [0.2, 0.25) is 0 Å². The number of halogens is 1.